The molecule has 2 amide bonds. The molecule has 26 heavy (non-hydrogen) atoms. The van der Waals surface area contributed by atoms with E-state index < -0.39 is 0 Å². The van der Waals surface area contributed by atoms with E-state index in [1.165, 1.54) is 11.1 Å². The van der Waals surface area contributed by atoms with E-state index in [0.29, 0.717) is 12.1 Å². The lowest BCUT2D eigenvalue weighted by Crippen LogP contribution is -2.45. The molecule has 0 aromatic heterocycles. The van der Waals surface area contributed by atoms with Crippen LogP contribution in [0, 0.1) is 0 Å². The second kappa shape index (κ2) is 7.50. The Morgan fingerprint density at radius 1 is 1.00 bits per heavy atom. The Bertz CT molecular complexity index is 761. The molecule has 2 aliphatic rings. The molecule has 2 heterocycles. The first-order chi connectivity index (χ1) is 12.7. The number of rotatable bonds is 3. The minimum Gasteiger partial charge on any atom is -0.317 e. The van der Waals surface area contributed by atoms with Crippen LogP contribution >= 0.6 is 0 Å². The number of nitrogens with one attached hydrogen (secondary N) is 1. The van der Waals surface area contributed by atoms with Crippen molar-refractivity contribution in [2.75, 3.05) is 25.5 Å². The van der Waals surface area contributed by atoms with Crippen LogP contribution in [-0.4, -0.2) is 48.1 Å². The number of carbonyl (C=O) groups is 1. The highest BCUT2D eigenvalue weighted by atomic mass is 16.2. The maximum absolute atomic E-state index is 13.0. The lowest BCUT2D eigenvalue weighted by atomic mass is 10.0. The summed E-state index contributed by atoms with van der Waals surface area (Å²) in [6.45, 7) is 2.06. The summed E-state index contributed by atoms with van der Waals surface area (Å²) in [6.07, 6.45) is 4.22. The fraction of sp³-hybridized carbons (Fsp3) is 0.409. The van der Waals surface area contributed by atoms with E-state index in [2.05, 4.69) is 58.6 Å². The lowest BCUT2D eigenvalue weighted by Gasteiger charge is -2.28. The fourth-order valence-corrected chi connectivity index (χ4v) is 4.35. The summed E-state index contributed by atoms with van der Waals surface area (Å²) in [7, 11) is 2.16. The van der Waals surface area contributed by atoms with Crippen molar-refractivity contribution in [1.82, 2.24) is 9.80 Å². The normalized spacial score (nSPS) is 22.9. The van der Waals surface area contributed by atoms with E-state index in [-0.39, 0.29) is 6.03 Å². The van der Waals surface area contributed by atoms with Crippen molar-refractivity contribution in [2.45, 2.75) is 37.8 Å². The third-order valence-electron chi connectivity index (χ3n) is 5.65. The Morgan fingerprint density at radius 2 is 1.77 bits per heavy atom. The molecule has 0 radical (unpaired) electrons. The van der Waals surface area contributed by atoms with E-state index in [0.717, 1.165) is 44.5 Å². The summed E-state index contributed by atoms with van der Waals surface area (Å²) in [5, 5.41) is 3.15. The van der Waals surface area contributed by atoms with Gasteiger partial charge in [-0.25, -0.2) is 4.79 Å². The number of likely N-dealkylation sites (tertiary alicyclic amines) is 1. The molecule has 2 aliphatic heterocycles. The monoisotopic (exact) mass is 349 g/mol. The molecule has 2 aromatic rings. The zero-order valence-corrected chi connectivity index (χ0v) is 15.4. The second-order valence-electron chi connectivity index (χ2n) is 7.64. The zero-order valence-electron chi connectivity index (χ0n) is 15.4. The molecule has 0 spiro atoms. The maximum atomic E-state index is 13.0. The first kappa shape index (κ1) is 17.1. The molecule has 2 aromatic carbocycles. The number of anilines is 1. The van der Waals surface area contributed by atoms with Gasteiger partial charge >= 0.3 is 6.03 Å². The molecular formula is C22H27N3O. The van der Waals surface area contributed by atoms with Gasteiger partial charge in [0.1, 0.15) is 0 Å². The molecular weight excluding hydrogens is 322 g/mol. The van der Waals surface area contributed by atoms with Crippen molar-refractivity contribution in [3.63, 3.8) is 0 Å². The Hall–Kier alpha value is -2.33. The Balaban J connectivity index is 1.45. The van der Waals surface area contributed by atoms with Crippen LogP contribution in [0.1, 0.15) is 30.4 Å². The number of hydrogen-bond donors (Lipinski definition) is 1. The highest BCUT2D eigenvalue weighted by molar-refractivity contribution is 5.90. The van der Waals surface area contributed by atoms with E-state index in [4.69, 9.17) is 0 Å². The molecule has 4 nitrogen and oxygen atoms in total. The number of likely N-dealkylation sites (N-methyl/N-ethyl adjacent to an activating group) is 1. The van der Waals surface area contributed by atoms with Gasteiger partial charge in [0.05, 0.1) is 0 Å². The summed E-state index contributed by atoms with van der Waals surface area (Å²) in [6, 6.07) is 19.4. The molecule has 2 unspecified atom stereocenters. The predicted octanol–water partition coefficient (Wildman–Crippen LogP) is 3.98. The van der Waals surface area contributed by atoms with Crippen LogP contribution in [0.5, 0.6) is 0 Å². The molecule has 0 aliphatic carbocycles. The highest BCUT2D eigenvalue weighted by Crippen LogP contribution is 2.30. The van der Waals surface area contributed by atoms with Crippen LogP contribution in [0.2, 0.25) is 0 Å². The van der Waals surface area contributed by atoms with Gasteiger partial charge in [0.2, 0.25) is 0 Å². The van der Waals surface area contributed by atoms with Crippen LogP contribution in [0.15, 0.2) is 54.6 Å². The average molecular weight is 349 g/mol. The van der Waals surface area contributed by atoms with Gasteiger partial charge in [-0.05, 0) is 62.5 Å². The minimum atomic E-state index is 0.0599. The number of hydrogen-bond acceptors (Lipinski definition) is 2. The molecule has 2 saturated heterocycles. The topological polar surface area (TPSA) is 35.6 Å². The largest absolute Gasteiger partial charge is 0.322 e. The molecule has 2 bridgehead atoms. The average Bonchev–Trinajstić information content (AvgIpc) is 2.95. The summed E-state index contributed by atoms with van der Waals surface area (Å²) in [4.78, 5) is 17.4. The SMILES string of the molecule is CN1CCC2CCC(C1)N2C(=O)Nc1cccc(Cc2ccccc2)c1. The summed E-state index contributed by atoms with van der Waals surface area (Å²) >= 11 is 0. The van der Waals surface area contributed by atoms with Gasteiger partial charge in [0.15, 0.2) is 0 Å². The van der Waals surface area contributed by atoms with Gasteiger partial charge in [0, 0.05) is 24.3 Å². The maximum Gasteiger partial charge on any atom is 0.322 e. The molecule has 2 fully saturated rings. The van der Waals surface area contributed by atoms with Gasteiger partial charge in [-0.1, -0.05) is 42.5 Å². The Kier molecular flexibility index (Phi) is 4.93. The van der Waals surface area contributed by atoms with Gasteiger partial charge in [-0.3, -0.25) is 0 Å². The molecule has 2 atom stereocenters. The van der Waals surface area contributed by atoms with E-state index in [9.17, 15) is 4.79 Å². The first-order valence-electron chi connectivity index (χ1n) is 9.60. The first-order valence-corrected chi connectivity index (χ1v) is 9.60. The predicted molar refractivity (Wildman–Crippen MR) is 105 cm³/mol. The van der Waals surface area contributed by atoms with E-state index >= 15 is 0 Å². The molecule has 136 valence electrons. The fourth-order valence-electron chi connectivity index (χ4n) is 4.35. The van der Waals surface area contributed by atoms with Crippen molar-refractivity contribution in [3.8, 4) is 0 Å². The van der Waals surface area contributed by atoms with Crippen LogP contribution in [0.3, 0.4) is 0 Å². The van der Waals surface area contributed by atoms with Crippen LogP contribution in [-0.2, 0) is 6.42 Å². The van der Waals surface area contributed by atoms with Gasteiger partial charge in [0.25, 0.3) is 0 Å². The Labute approximate surface area is 155 Å². The molecule has 1 N–H and O–H groups in total. The standard InChI is InChI=1S/C22H27N3O/c1-24-13-12-20-10-11-21(16-24)25(20)22(26)23-19-9-5-8-18(15-19)14-17-6-3-2-4-7-17/h2-9,15,20-21H,10-14,16H2,1H3,(H,23,26). The molecule has 0 saturated carbocycles. The van der Waals surface area contributed by atoms with E-state index in [1.54, 1.807) is 0 Å². The smallest absolute Gasteiger partial charge is 0.317 e. The van der Waals surface area contributed by atoms with Gasteiger partial charge < -0.3 is 15.1 Å². The number of benzene rings is 2. The van der Waals surface area contributed by atoms with Crippen molar-refractivity contribution >= 4 is 11.7 Å². The number of amides is 2. The summed E-state index contributed by atoms with van der Waals surface area (Å²) in [5.74, 6) is 0. The summed E-state index contributed by atoms with van der Waals surface area (Å²) in [5.41, 5.74) is 3.39. The number of nitrogens with zero attached hydrogens (tertiary/aromatic N) is 2. The van der Waals surface area contributed by atoms with Crippen molar-refractivity contribution in [3.05, 3.63) is 65.7 Å². The minimum absolute atomic E-state index is 0.0599. The van der Waals surface area contributed by atoms with Gasteiger partial charge in [-0.2, -0.15) is 0 Å². The number of carbonyl (C=O) groups excluding carboxylic acids is 1. The molecule has 4 heteroatoms. The zero-order chi connectivity index (χ0) is 17.9. The van der Waals surface area contributed by atoms with Crippen LogP contribution < -0.4 is 5.32 Å². The van der Waals surface area contributed by atoms with Crippen molar-refractivity contribution < 1.29 is 4.79 Å². The van der Waals surface area contributed by atoms with Crippen molar-refractivity contribution in [2.24, 2.45) is 0 Å². The quantitative estimate of drug-likeness (QED) is 0.910. The Morgan fingerprint density at radius 3 is 2.62 bits per heavy atom. The highest BCUT2D eigenvalue weighted by Gasteiger charge is 2.39. The third kappa shape index (κ3) is 3.75. The van der Waals surface area contributed by atoms with Crippen molar-refractivity contribution in [1.29, 1.82) is 0 Å². The lowest BCUT2D eigenvalue weighted by molar-refractivity contribution is 0.186. The van der Waals surface area contributed by atoms with Crippen LogP contribution in [0.4, 0.5) is 10.5 Å². The molecule has 4 rings (SSSR count). The third-order valence-corrected chi connectivity index (χ3v) is 5.65. The number of urea groups is 1. The van der Waals surface area contributed by atoms with Crippen LogP contribution in [0.25, 0.3) is 0 Å². The summed E-state index contributed by atoms with van der Waals surface area (Å²) < 4.78 is 0. The second-order valence-corrected chi connectivity index (χ2v) is 7.64. The number of fused-ring (bicyclic) bond motifs is 2. The van der Waals surface area contributed by atoms with Gasteiger partial charge in [-0.15, -0.1) is 0 Å². The van der Waals surface area contributed by atoms with E-state index in [1.807, 2.05) is 18.2 Å².